The zero-order valence-corrected chi connectivity index (χ0v) is 15.2. The Morgan fingerprint density at radius 1 is 1.18 bits per heavy atom. The summed E-state index contributed by atoms with van der Waals surface area (Å²) in [6, 6.07) is 0. The molecule has 8 heteroatoms. The molecule has 0 radical (unpaired) electrons. The molecule has 3 atom stereocenters. The SMILES string of the molecule is CCCCCCC(C[N+](C)(C)C)OP(=O)(O)OC[C@H](O)CO. The largest absolute Gasteiger partial charge is 0.472 e. The highest BCUT2D eigenvalue weighted by Gasteiger charge is 2.30. The molecule has 0 aromatic rings. The maximum absolute atomic E-state index is 11.9. The van der Waals surface area contributed by atoms with Gasteiger partial charge in [-0.15, -0.1) is 0 Å². The maximum Gasteiger partial charge on any atom is 0.472 e. The standard InChI is InChI=1S/C14H32NO6P/c1-5-6-7-8-9-14(10-15(2,3)4)21-22(18,19)20-12-13(17)11-16/h13-14,16-17H,5-12H2,1-4H3/p+1/t13-,14?/m1/s1. The van der Waals surface area contributed by atoms with Crippen molar-refractivity contribution in [3.63, 3.8) is 0 Å². The van der Waals surface area contributed by atoms with Crippen molar-refractivity contribution in [2.45, 2.75) is 51.2 Å². The second kappa shape index (κ2) is 10.7. The first-order valence-electron chi connectivity index (χ1n) is 7.84. The molecular formula is C14H33NO6P+. The Hall–Kier alpha value is -0.0100. The lowest BCUT2D eigenvalue weighted by Gasteiger charge is -2.30. The summed E-state index contributed by atoms with van der Waals surface area (Å²) in [4.78, 5) is 9.74. The highest BCUT2D eigenvalue weighted by atomic mass is 31.2. The summed E-state index contributed by atoms with van der Waals surface area (Å²) in [5.74, 6) is 0. The zero-order valence-electron chi connectivity index (χ0n) is 14.3. The van der Waals surface area contributed by atoms with Crippen molar-refractivity contribution in [1.82, 2.24) is 0 Å². The van der Waals surface area contributed by atoms with Crippen LogP contribution in [0.5, 0.6) is 0 Å². The van der Waals surface area contributed by atoms with E-state index >= 15 is 0 Å². The molecule has 0 aliphatic carbocycles. The predicted molar refractivity (Wildman–Crippen MR) is 85.4 cm³/mol. The third-order valence-electron chi connectivity index (χ3n) is 3.05. The Kier molecular flexibility index (Phi) is 10.7. The van der Waals surface area contributed by atoms with E-state index in [4.69, 9.17) is 14.2 Å². The number of likely N-dealkylation sites (N-methyl/N-ethyl adjacent to an activating group) is 1. The number of aliphatic hydroxyl groups is 2. The van der Waals surface area contributed by atoms with Gasteiger partial charge in [0.2, 0.25) is 0 Å². The van der Waals surface area contributed by atoms with E-state index in [2.05, 4.69) is 6.92 Å². The molecule has 3 N–H and O–H groups in total. The average Bonchev–Trinajstić information content (AvgIpc) is 2.38. The predicted octanol–water partition coefficient (Wildman–Crippen LogP) is 1.52. The number of phosphoric ester groups is 1. The van der Waals surface area contributed by atoms with Gasteiger partial charge in [-0.25, -0.2) is 4.57 Å². The minimum Gasteiger partial charge on any atom is -0.394 e. The van der Waals surface area contributed by atoms with E-state index in [1.807, 2.05) is 21.1 Å². The third kappa shape index (κ3) is 12.5. The lowest BCUT2D eigenvalue weighted by atomic mass is 10.1. The lowest BCUT2D eigenvalue weighted by Crippen LogP contribution is -2.42. The van der Waals surface area contributed by atoms with Gasteiger partial charge in [0.25, 0.3) is 0 Å². The van der Waals surface area contributed by atoms with Gasteiger partial charge in [0.1, 0.15) is 18.8 Å². The fourth-order valence-electron chi connectivity index (χ4n) is 2.04. The lowest BCUT2D eigenvalue weighted by molar-refractivity contribution is -0.873. The fourth-order valence-corrected chi connectivity index (χ4v) is 3.01. The summed E-state index contributed by atoms with van der Waals surface area (Å²) >= 11 is 0. The molecule has 0 aromatic heterocycles. The van der Waals surface area contributed by atoms with Crippen LogP contribution in [0.3, 0.4) is 0 Å². The van der Waals surface area contributed by atoms with E-state index in [0.717, 1.165) is 25.7 Å². The molecule has 0 heterocycles. The van der Waals surface area contributed by atoms with Crippen molar-refractivity contribution < 1.29 is 33.2 Å². The Morgan fingerprint density at radius 3 is 2.32 bits per heavy atom. The molecule has 0 amide bonds. The topological polar surface area (TPSA) is 96.2 Å². The Balaban J connectivity index is 4.48. The molecule has 0 bridgehead atoms. The van der Waals surface area contributed by atoms with E-state index in [-0.39, 0.29) is 6.10 Å². The van der Waals surface area contributed by atoms with Crippen molar-refractivity contribution >= 4 is 7.82 Å². The zero-order chi connectivity index (χ0) is 17.2. The number of quaternary nitrogens is 1. The molecule has 0 aliphatic heterocycles. The number of hydrogen-bond donors (Lipinski definition) is 3. The molecule has 0 aliphatic rings. The van der Waals surface area contributed by atoms with Gasteiger partial charge < -0.3 is 19.6 Å². The number of rotatable bonds is 13. The van der Waals surface area contributed by atoms with Crippen molar-refractivity contribution in [2.24, 2.45) is 0 Å². The normalized spacial score (nSPS) is 18.0. The third-order valence-corrected chi connectivity index (χ3v) is 4.09. The van der Waals surface area contributed by atoms with Crippen LogP contribution in [0.15, 0.2) is 0 Å². The summed E-state index contributed by atoms with van der Waals surface area (Å²) in [6.07, 6.45) is 3.36. The van der Waals surface area contributed by atoms with E-state index < -0.39 is 27.1 Å². The van der Waals surface area contributed by atoms with Crippen LogP contribution in [0, 0.1) is 0 Å². The minimum atomic E-state index is -4.24. The molecule has 0 spiro atoms. The Labute approximate surface area is 134 Å². The van der Waals surface area contributed by atoms with Crippen molar-refractivity contribution in [1.29, 1.82) is 0 Å². The average molecular weight is 342 g/mol. The van der Waals surface area contributed by atoms with E-state index in [1.54, 1.807) is 0 Å². The number of phosphoric acid groups is 1. The number of hydrogen-bond acceptors (Lipinski definition) is 5. The Bertz CT molecular complexity index is 334. The summed E-state index contributed by atoms with van der Waals surface area (Å²) in [5.41, 5.74) is 0. The first-order valence-corrected chi connectivity index (χ1v) is 9.34. The molecule has 0 saturated carbocycles. The highest BCUT2D eigenvalue weighted by Crippen LogP contribution is 2.45. The van der Waals surface area contributed by atoms with Crippen LogP contribution >= 0.6 is 7.82 Å². The van der Waals surface area contributed by atoms with Crippen LogP contribution in [-0.2, 0) is 13.6 Å². The first-order chi connectivity index (χ1) is 10.1. The second-order valence-electron chi connectivity index (χ2n) is 6.65. The number of nitrogens with zero attached hydrogens (tertiary/aromatic N) is 1. The van der Waals surface area contributed by atoms with E-state index in [0.29, 0.717) is 17.4 Å². The summed E-state index contributed by atoms with van der Waals surface area (Å²) < 4.78 is 22.5. The monoisotopic (exact) mass is 342 g/mol. The van der Waals surface area contributed by atoms with E-state index in [1.165, 1.54) is 0 Å². The molecular weight excluding hydrogens is 309 g/mol. The van der Waals surface area contributed by atoms with Gasteiger partial charge >= 0.3 is 7.82 Å². The molecule has 0 rings (SSSR count). The molecule has 2 unspecified atom stereocenters. The van der Waals surface area contributed by atoms with Gasteiger partial charge in [-0.1, -0.05) is 32.6 Å². The number of unbranched alkanes of at least 4 members (excludes halogenated alkanes) is 3. The van der Waals surface area contributed by atoms with Gasteiger partial charge in [0, 0.05) is 0 Å². The van der Waals surface area contributed by atoms with Gasteiger partial charge in [-0.05, 0) is 6.42 Å². The van der Waals surface area contributed by atoms with Crippen molar-refractivity contribution in [3.05, 3.63) is 0 Å². The minimum absolute atomic E-state index is 0.390. The highest BCUT2D eigenvalue weighted by molar-refractivity contribution is 7.47. The van der Waals surface area contributed by atoms with Crippen LogP contribution in [0.4, 0.5) is 0 Å². The van der Waals surface area contributed by atoms with Crippen LogP contribution in [0.25, 0.3) is 0 Å². The quantitative estimate of drug-likeness (QED) is 0.267. The number of aliphatic hydroxyl groups excluding tert-OH is 2. The molecule has 22 heavy (non-hydrogen) atoms. The Morgan fingerprint density at radius 2 is 1.82 bits per heavy atom. The van der Waals surface area contributed by atoms with Crippen LogP contribution in [0.2, 0.25) is 0 Å². The van der Waals surface area contributed by atoms with E-state index in [9.17, 15) is 14.6 Å². The molecule has 0 aromatic carbocycles. The van der Waals surface area contributed by atoms with Crippen molar-refractivity contribution in [3.8, 4) is 0 Å². The van der Waals surface area contributed by atoms with Crippen LogP contribution < -0.4 is 0 Å². The molecule has 7 nitrogen and oxygen atoms in total. The van der Waals surface area contributed by atoms with Gasteiger partial charge in [-0.3, -0.25) is 9.05 Å². The van der Waals surface area contributed by atoms with Gasteiger partial charge in [-0.2, -0.15) is 0 Å². The second-order valence-corrected chi connectivity index (χ2v) is 8.06. The molecule has 0 saturated heterocycles. The van der Waals surface area contributed by atoms with Crippen LogP contribution in [0.1, 0.15) is 39.0 Å². The van der Waals surface area contributed by atoms with Gasteiger partial charge in [0.05, 0.1) is 34.4 Å². The van der Waals surface area contributed by atoms with Crippen LogP contribution in [-0.4, -0.2) is 72.7 Å². The maximum atomic E-state index is 11.9. The summed E-state index contributed by atoms with van der Waals surface area (Å²) in [5, 5.41) is 17.9. The molecule has 134 valence electrons. The smallest absolute Gasteiger partial charge is 0.394 e. The summed E-state index contributed by atoms with van der Waals surface area (Å²) in [6.45, 7) is 1.75. The summed E-state index contributed by atoms with van der Waals surface area (Å²) in [7, 11) is 1.72. The van der Waals surface area contributed by atoms with Crippen molar-refractivity contribution in [2.75, 3.05) is 40.9 Å². The fraction of sp³-hybridized carbons (Fsp3) is 1.00. The van der Waals surface area contributed by atoms with Gasteiger partial charge in [0.15, 0.2) is 0 Å². The molecule has 0 fully saturated rings. The first kappa shape index (κ1) is 22.0.